The van der Waals surface area contributed by atoms with E-state index in [1.165, 1.54) is 0 Å². The number of amides is 1. The van der Waals surface area contributed by atoms with Crippen LogP contribution < -0.4 is 10.9 Å². The first kappa shape index (κ1) is 14.2. The summed E-state index contributed by atoms with van der Waals surface area (Å²) in [6.45, 7) is 2.09. The Hall–Kier alpha value is -2.21. The van der Waals surface area contributed by atoms with Gasteiger partial charge in [-0.1, -0.05) is 17.8 Å². The molecule has 0 saturated carbocycles. The first-order chi connectivity index (χ1) is 9.78. The number of nitrogens with zero attached hydrogens (tertiary/aromatic N) is 1. The first-order valence-corrected chi connectivity index (χ1v) is 6.97. The zero-order valence-electron chi connectivity index (χ0n) is 11.0. The van der Waals surface area contributed by atoms with Crippen LogP contribution in [0, 0.1) is 0 Å². The van der Waals surface area contributed by atoms with Crippen LogP contribution in [-0.2, 0) is 4.74 Å². The molecule has 2 rings (SSSR count). The fraction of sp³-hybridized carbons (Fsp3) is 0.143. The summed E-state index contributed by atoms with van der Waals surface area (Å²) in [5.41, 5.74) is 5.99. The van der Waals surface area contributed by atoms with Crippen molar-refractivity contribution < 1.29 is 9.53 Å². The molecule has 20 heavy (non-hydrogen) atoms. The molecule has 0 aliphatic rings. The minimum Gasteiger partial charge on any atom is -0.449 e. The number of pyridine rings is 1. The second-order valence-electron chi connectivity index (χ2n) is 3.76. The summed E-state index contributed by atoms with van der Waals surface area (Å²) >= 11 is 1.58. The van der Waals surface area contributed by atoms with Crippen LogP contribution in [0.1, 0.15) is 6.92 Å². The molecule has 0 bridgehead atoms. The molecule has 6 heteroatoms. The van der Waals surface area contributed by atoms with Crippen molar-refractivity contribution in [3.8, 4) is 0 Å². The largest absolute Gasteiger partial charge is 0.449 e. The van der Waals surface area contributed by atoms with E-state index >= 15 is 0 Å². The molecule has 0 saturated heterocycles. The van der Waals surface area contributed by atoms with Crippen LogP contribution in [0.3, 0.4) is 0 Å². The normalized spacial score (nSPS) is 9.85. The van der Waals surface area contributed by atoms with Crippen LogP contribution in [-0.4, -0.2) is 17.7 Å². The van der Waals surface area contributed by atoms with Crippen LogP contribution in [0.25, 0.3) is 0 Å². The number of rotatable bonds is 5. The molecule has 5 nitrogen and oxygen atoms in total. The molecule has 1 aromatic carbocycles. The Kier molecular flexibility index (Phi) is 5.25. The summed E-state index contributed by atoms with van der Waals surface area (Å²) in [4.78, 5) is 16.4. The van der Waals surface area contributed by atoms with Crippen molar-refractivity contribution in [2.75, 3.05) is 12.0 Å². The third kappa shape index (κ3) is 4.47. The number of ether oxygens (including phenoxy) is 1. The van der Waals surface area contributed by atoms with E-state index in [0.29, 0.717) is 6.61 Å². The van der Waals surface area contributed by atoms with Gasteiger partial charge in [0.05, 0.1) is 12.3 Å². The first-order valence-electron chi connectivity index (χ1n) is 6.15. The number of hydrazine groups is 1. The van der Waals surface area contributed by atoms with Crippen molar-refractivity contribution in [2.45, 2.75) is 16.8 Å². The molecule has 0 aliphatic carbocycles. The van der Waals surface area contributed by atoms with Gasteiger partial charge in [-0.25, -0.2) is 15.2 Å². The van der Waals surface area contributed by atoms with Crippen LogP contribution in [0.15, 0.2) is 58.6 Å². The summed E-state index contributed by atoms with van der Waals surface area (Å²) in [7, 11) is 0. The van der Waals surface area contributed by atoms with Gasteiger partial charge in [-0.05, 0) is 43.3 Å². The fourth-order valence-corrected chi connectivity index (χ4v) is 2.20. The number of aromatic nitrogens is 1. The van der Waals surface area contributed by atoms with E-state index in [0.717, 1.165) is 15.6 Å². The number of anilines is 1. The van der Waals surface area contributed by atoms with E-state index in [9.17, 15) is 4.79 Å². The summed E-state index contributed by atoms with van der Waals surface area (Å²) in [6, 6.07) is 13.4. The van der Waals surface area contributed by atoms with E-state index in [-0.39, 0.29) is 0 Å². The number of carbonyl (C=O) groups is 1. The van der Waals surface area contributed by atoms with Crippen molar-refractivity contribution in [1.29, 1.82) is 0 Å². The SMILES string of the molecule is CCOC(=O)NNc1ccc(Sc2ccccn2)cc1. The average molecular weight is 289 g/mol. The maximum Gasteiger partial charge on any atom is 0.425 e. The van der Waals surface area contributed by atoms with Crippen molar-refractivity contribution in [1.82, 2.24) is 10.4 Å². The number of hydrogen-bond acceptors (Lipinski definition) is 5. The minimum atomic E-state index is -0.501. The molecule has 2 N–H and O–H groups in total. The van der Waals surface area contributed by atoms with Gasteiger partial charge in [-0.15, -0.1) is 0 Å². The van der Waals surface area contributed by atoms with Gasteiger partial charge in [-0.2, -0.15) is 0 Å². The molecule has 0 spiro atoms. The molecule has 1 heterocycles. The van der Waals surface area contributed by atoms with E-state index in [2.05, 4.69) is 15.8 Å². The molecule has 0 aliphatic heterocycles. The number of benzene rings is 1. The Bertz CT molecular complexity index is 546. The van der Waals surface area contributed by atoms with Gasteiger partial charge >= 0.3 is 6.09 Å². The lowest BCUT2D eigenvalue weighted by Crippen LogP contribution is -2.29. The summed E-state index contributed by atoms with van der Waals surface area (Å²) in [5, 5.41) is 0.942. The molecular formula is C14H15N3O2S. The molecule has 1 amide bonds. The standard InChI is InChI=1S/C14H15N3O2S/c1-2-19-14(18)17-16-11-6-8-12(9-7-11)20-13-5-3-4-10-15-13/h3-10,16H,2H2,1H3,(H,17,18). The highest BCUT2D eigenvalue weighted by Crippen LogP contribution is 2.26. The lowest BCUT2D eigenvalue weighted by Gasteiger charge is -2.08. The van der Waals surface area contributed by atoms with Gasteiger partial charge in [0.25, 0.3) is 0 Å². The molecule has 0 fully saturated rings. The van der Waals surface area contributed by atoms with Gasteiger partial charge in [0.1, 0.15) is 5.03 Å². The summed E-state index contributed by atoms with van der Waals surface area (Å²) in [5.74, 6) is 0. The molecule has 1 aromatic heterocycles. The number of carbonyl (C=O) groups excluding carboxylic acids is 1. The molecule has 0 atom stereocenters. The Morgan fingerprint density at radius 1 is 1.25 bits per heavy atom. The Labute approximate surface area is 121 Å². The van der Waals surface area contributed by atoms with Gasteiger partial charge < -0.3 is 4.74 Å². The molecule has 104 valence electrons. The monoisotopic (exact) mass is 289 g/mol. The predicted molar refractivity (Wildman–Crippen MR) is 78.6 cm³/mol. The highest BCUT2D eigenvalue weighted by molar-refractivity contribution is 7.99. The molecule has 0 radical (unpaired) electrons. The topological polar surface area (TPSA) is 63.2 Å². The highest BCUT2D eigenvalue weighted by Gasteiger charge is 2.01. The number of hydrogen-bond donors (Lipinski definition) is 2. The van der Waals surface area contributed by atoms with Crippen LogP contribution >= 0.6 is 11.8 Å². The van der Waals surface area contributed by atoms with Crippen LogP contribution in [0.4, 0.5) is 10.5 Å². The maximum absolute atomic E-state index is 11.1. The minimum absolute atomic E-state index is 0.340. The lowest BCUT2D eigenvalue weighted by atomic mass is 10.3. The van der Waals surface area contributed by atoms with Gasteiger partial charge in [0.15, 0.2) is 0 Å². The van der Waals surface area contributed by atoms with Crippen molar-refractivity contribution in [3.05, 3.63) is 48.7 Å². The molecular weight excluding hydrogens is 274 g/mol. The second kappa shape index (κ2) is 7.40. The van der Waals surface area contributed by atoms with Crippen LogP contribution in [0.5, 0.6) is 0 Å². The fourth-order valence-electron chi connectivity index (χ4n) is 1.42. The third-order valence-corrected chi connectivity index (χ3v) is 3.26. The van der Waals surface area contributed by atoms with Crippen LogP contribution in [0.2, 0.25) is 0 Å². The smallest absolute Gasteiger partial charge is 0.425 e. The Morgan fingerprint density at radius 3 is 2.70 bits per heavy atom. The Balaban J connectivity index is 1.88. The molecule has 0 unspecified atom stereocenters. The molecule has 2 aromatic rings. The zero-order valence-corrected chi connectivity index (χ0v) is 11.8. The van der Waals surface area contributed by atoms with E-state index in [1.54, 1.807) is 24.9 Å². The summed E-state index contributed by atoms with van der Waals surface area (Å²) in [6.07, 6.45) is 1.26. The summed E-state index contributed by atoms with van der Waals surface area (Å²) < 4.78 is 4.74. The zero-order chi connectivity index (χ0) is 14.2. The quantitative estimate of drug-likeness (QED) is 0.827. The van der Waals surface area contributed by atoms with E-state index in [1.807, 2.05) is 42.5 Å². The number of nitrogens with one attached hydrogen (secondary N) is 2. The highest BCUT2D eigenvalue weighted by atomic mass is 32.2. The van der Waals surface area contributed by atoms with Crippen molar-refractivity contribution >= 4 is 23.5 Å². The maximum atomic E-state index is 11.1. The lowest BCUT2D eigenvalue weighted by molar-refractivity contribution is 0.154. The van der Waals surface area contributed by atoms with Crippen molar-refractivity contribution in [2.24, 2.45) is 0 Å². The van der Waals surface area contributed by atoms with Gasteiger partial charge in [-0.3, -0.25) is 5.43 Å². The van der Waals surface area contributed by atoms with Gasteiger partial charge in [0.2, 0.25) is 0 Å². The van der Waals surface area contributed by atoms with Gasteiger partial charge in [0, 0.05) is 11.1 Å². The average Bonchev–Trinajstić information content (AvgIpc) is 2.48. The Morgan fingerprint density at radius 2 is 2.05 bits per heavy atom. The van der Waals surface area contributed by atoms with E-state index < -0.39 is 6.09 Å². The predicted octanol–water partition coefficient (Wildman–Crippen LogP) is 3.31. The third-order valence-electron chi connectivity index (χ3n) is 2.30. The van der Waals surface area contributed by atoms with E-state index in [4.69, 9.17) is 4.74 Å². The second-order valence-corrected chi connectivity index (χ2v) is 4.86. The van der Waals surface area contributed by atoms with Crippen molar-refractivity contribution in [3.63, 3.8) is 0 Å².